The van der Waals surface area contributed by atoms with Crippen LogP contribution in [0.2, 0.25) is 0 Å². The van der Waals surface area contributed by atoms with E-state index in [9.17, 15) is 8.42 Å². The molecule has 2 rings (SSSR count). The van der Waals surface area contributed by atoms with Crippen LogP contribution in [0.1, 0.15) is 29.8 Å². The minimum Gasteiger partial charge on any atom is -0.379 e. The summed E-state index contributed by atoms with van der Waals surface area (Å²) < 4.78 is 33.0. The number of sulfone groups is 1. The van der Waals surface area contributed by atoms with Crippen LogP contribution < -0.4 is 5.73 Å². The molecule has 1 aromatic heterocycles. The number of rotatable bonds is 3. The van der Waals surface area contributed by atoms with Crippen molar-refractivity contribution < 1.29 is 17.7 Å². The minimum atomic E-state index is -3.23. The van der Waals surface area contributed by atoms with Crippen LogP contribution in [0.4, 0.5) is 0 Å². The molecule has 0 bridgehead atoms. The molecular weight excluding hydrogens is 246 g/mol. The number of aromatic nitrogens is 2. The largest absolute Gasteiger partial charge is 0.379 e. The van der Waals surface area contributed by atoms with E-state index >= 15 is 0 Å². The van der Waals surface area contributed by atoms with Gasteiger partial charge in [0.25, 0.3) is 0 Å². The fourth-order valence-corrected chi connectivity index (χ4v) is 2.06. The van der Waals surface area contributed by atoms with Crippen molar-refractivity contribution in [3.63, 3.8) is 0 Å². The first-order valence-corrected chi connectivity index (χ1v) is 7.20. The summed E-state index contributed by atoms with van der Waals surface area (Å²) in [6, 6.07) is -0.183. The van der Waals surface area contributed by atoms with Crippen molar-refractivity contribution in [3.8, 4) is 0 Å². The maximum atomic E-state index is 11.4. The highest BCUT2D eigenvalue weighted by Gasteiger charge is 2.33. The summed E-state index contributed by atoms with van der Waals surface area (Å²) in [6.07, 6.45) is 1.14. The van der Waals surface area contributed by atoms with Crippen molar-refractivity contribution in [3.05, 3.63) is 11.7 Å². The average molecular weight is 261 g/mol. The molecule has 2 heterocycles. The molecule has 1 aromatic rings. The van der Waals surface area contributed by atoms with Gasteiger partial charge in [-0.3, -0.25) is 0 Å². The van der Waals surface area contributed by atoms with E-state index in [-0.39, 0.29) is 17.8 Å². The van der Waals surface area contributed by atoms with Gasteiger partial charge in [0.05, 0.1) is 19.1 Å². The summed E-state index contributed by atoms with van der Waals surface area (Å²) in [7, 11) is -3.23. The van der Waals surface area contributed by atoms with E-state index in [0.717, 1.165) is 6.26 Å². The highest BCUT2D eigenvalue weighted by atomic mass is 32.2. The quantitative estimate of drug-likeness (QED) is 0.789. The number of nitrogens with zero attached hydrogens (tertiary/aromatic N) is 2. The molecule has 17 heavy (non-hydrogen) atoms. The Morgan fingerprint density at radius 2 is 2.18 bits per heavy atom. The molecule has 0 radical (unpaired) electrons. The first-order valence-electron chi connectivity index (χ1n) is 5.25. The zero-order valence-electron chi connectivity index (χ0n) is 9.66. The van der Waals surface area contributed by atoms with Crippen molar-refractivity contribution in [1.29, 1.82) is 0 Å². The Morgan fingerprint density at radius 3 is 2.71 bits per heavy atom. The molecule has 1 aliphatic heterocycles. The second-order valence-electron chi connectivity index (χ2n) is 4.27. The van der Waals surface area contributed by atoms with Crippen LogP contribution in [-0.4, -0.2) is 44.1 Å². The number of nitrogens with two attached hydrogens (primary N) is 1. The molecule has 0 aliphatic carbocycles. The summed E-state index contributed by atoms with van der Waals surface area (Å²) in [6.45, 7) is 2.40. The van der Waals surface area contributed by atoms with Gasteiger partial charge in [-0.15, -0.1) is 0 Å². The van der Waals surface area contributed by atoms with Crippen molar-refractivity contribution in [2.75, 3.05) is 19.5 Å². The maximum Gasteiger partial charge on any atom is 0.233 e. The van der Waals surface area contributed by atoms with Crippen LogP contribution in [0.25, 0.3) is 0 Å². The van der Waals surface area contributed by atoms with E-state index in [0.29, 0.717) is 19.1 Å². The Morgan fingerprint density at radius 1 is 1.47 bits per heavy atom. The predicted octanol–water partition coefficient (Wildman–Crippen LogP) is -0.384. The number of ether oxygens (including phenoxy) is 1. The van der Waals surface area contributed by atoms with Gasteiger partial charge in [-0.05, 0) is 6.92 Å². The van der Waals surface area contributed by atoms with Crippen LogP contribution in [0, 0.1) is 0 Å². The zero-order chi connectivity index (χ0) is 12.6. The third kappa shape index (κ3) is 2.48. The van der Waals surface area contributed by atoms with Crippen molar-refractivity contribution in [2.45, 2.75) is 24.1 Å². The molecule has 2 N–H and O–H groups in total. The SMILES string of the molecule is CC(c1noc(C2COCC2N)n1)S(C)(=O)=O. The highest BCUT2D eigenvalue weighted by Crippen LogP contribution is 2.25. The summed E-state index contributed by atoms with van der Waals surface area (Å²) >= 11 is 0. The summed E-state index contributed by atoms with van der Waals surface area (Å²) in [5.41, 5.74) is 5.81. The molecule has 0 spiro atoms. The van der Waals surface area contributed by atoms with Gasteiger partial charge in [-0.25, -0.2) is 8.42 Å². The normalized spacial score (nSPS) is 27.2. The summed E-state index contributed by atoms with van der Waals surface area (Å²) in [4.78, 5) is 4.09. The fraction of sp³-hybridized carbons (Fsp3) is 0.778. The Hall–Kier alpha value is -0.990. The second kappa shape index (κ2) is 4.35. The average Bonchev–Trinajstić information content (AvgIpc) is 2.83. The fourth-order valence-electron chi connectivity index (χ4n) is 1.58. The lowest BCUT2D eigenvalue weighted by Crippen LogP contribution is -2.27. The van der Waals surface area contributed by atoms with Crippen LogP contribution in [0.3, 0.4) is 0 Å². The van der Waals surface area contributed by atoms with Crippen molar-refractivity contribution in [2.24, 2.45) is 5.73 Å². The molecule has 3 unspecified atom stereocenters. The van der Waals surface area contributed by atoms with Crippen LogP contribution in [0.15, 0.2) is 4.52 Å². The van der Waals surface area contributed by atoms with Crippen LogP contribution >= 0.6 is 0 Å². The van der Waals surface area contributed by atoms with Crippen molar-refractivity contribution >= 4 is 9.84 Å². The molecule has 3 atom stereocenters. The Kier molecular flexibility index (Phi) is 3.19. The van der Waals surface area contributed by atoms with Gasteiger partial charge in [0.2, 0.25) is 5.89 Å². The molecule has 1 saturated heterocycles. The first-order chi connectivity index (χ1) is 7.89. The van der Waals surface area contributed by atoms with Gasteiger partial charge < -0.3 is 15.0 Å². The van der Waals surface area contributed by atoms with E-state index < -0.39 is 15.1 Å². The molecule has 1 aliphatic rings. The summed E-state index contributed by atoms with van der Waals surface area (Å²) in [5, 5.41) is 2.91. The van der Waals surface area contributed by atoms with E-state index in [1.807, 2.05) is 0 Å². The first kappa shape index (κ1) is 12.5. The summed E-state index contributed by atoms with van der Waals surface area (Å²) in [5.74, 6) is 0.366. The molecule has 96 valence electrons. The van der Waals surface area contributed by atoms with Gasteiger partial charge in [0, 0.05) is 12.3 Å². The molecule has 1 fully saturated rings. The minimum absolute atomic E-state index is 0.150. The topological polar surface area (TPSA) is 108 Å². The van der Waals surface area contributed by atoms with Crippen LogP contribution in [0.5, 0.6) is 0 Å². The molecule has 0 amide bonds. The monoisotopic (exact) mass is 261 g/mol. The van der Waals surface area contributed by atoms with Crippen LogP contribution in [-0.2, 0) is 14.6 Å². The van der Waals surface area contributed by atoms with Gasteiger partial charge >= 0.3 is 0 Å². The van der Waals surface area contributed by atoms with Gasteiger partial charge in [-0.1, -0.05) is 5.16 Å². The smallest absolute Gasteiger partial charge is 0.233 e. The molecule has 8 heteroatoms. The zero-order valence-corrected chi connectivity index (χ0v) is 10.5. The number of hydrogen-bond acceptors (Lipinski definition) is 7. The lowest BCUT2D eigenvalue weighted by Gasteiger charge is -2.06. The van der Waals surface area contributed by atoms with Gasteiger partial charge in [0.1, 0.15) is 5.25 Å². The van der Waals surface area contributed by atoms with E-state index in [1.54, 1.807) is 0 Å². The molecular formula is C9H15N3O4S. The van der Waals surface area contributed by atoms with E-state index in [2.05, 4.69) is 10.1 Å². The van der Waals surface area contributed by atoms with E-state index in [1.165, 1.54) is 6.92 Å². The molecule has 0 aromatic carbocycles. The lowest BCUT2D eigenvalue weighted by molar-refractivity contribution is 0.187. The predicted molar refractivity (Wildman–Crippen MR) is 59.1 cm³/mol. The van der Waals surface area contributed by atoms with Gasteiger partial charge in [-0.2, -0.15) is 4.98 Å². The van der Waals surface area contributed by atoms with E-state index in [4.69, 9.17) is 15.0 Å². The Labute approximate surface area is 99.2 Å². The lowest BCUT2D eigenvalue weighted by atomic mass is 10.1. The third-order valence-corrected chi connectivity index (χ3v) is 4.40. The molecule has 0 saturated carbocycles. The van der Waals surface area contributed by atoms with Crippen molar-refractivity contribution in [1.82, 2.24) is 10.1 Å². The number of hydrogen-bond donors (Lipinski definition) is 1. The third-order valence-electron chi connectivity index (χ3n) is 2.91. The Bertz CT molecular complexity index is 498. The maximum absolute atomic E-state index is 11.4. The Balaban J connectivity index is 2.21. The van der Waals surface area contributed by atoms with Gasteiger partial charge in [0.15, 0.2) is 15.7 Å². The molecule has 7 nitrogen and oxygen atoms in total. The second-order valence-corrected chi connectivity index (χ2v) is 6.64. The highest BCUT2D eigenvalue weighted by molar-refractivity contribution is 7.90. The standard InChI is InChI=1S/C9H15N3O4S/c1-5(17(2,13)14)8-11-9(16-12-8)6-3-15-4-7(6)10/h5-7H,3-4,10H2,1-2H3.